The topological polar surface area (TPSA) is 37.3 Å². The average Bonchev–Trinajstić information content (AvgIpc) is 2.06. The molecule has 0 spiro atoms. The first-order valence-electron chi connectivity index (χ1n) is 3.79. The Balaban J connectivity index is 3.16. The van der Waals surface area contributed by atoms with Gasteiger partial charge in [-0.3, -0.25) is 4.79 Å². The number of rotatable bonds is 0. The highest BCUT2D eigenvalue weighted by atomic mass is 16.3. The number of ketones is 1. The Labute approximate surface area is 66.9 Å². The van der Waals surface area contributed by atoms with Crippen LogP contribution >= 0.6 is 0 Å². The zero-order chi connectivity index (χ0) is 8.81. The van der Waals surface area contributed by atoms with Crippen LogP contribution < -0.4 is 0 Å². The molecule has 0 aromatic rings. The molecule has 1 atom stereocenters. The Hall–Kier alpha value is -0.630. The van der Waals surface area contributed by atoms with Gasteiger partial charge in [-0.1, -0.05) is 19.4 Å². The fourth-order valence-electron chi connectivity index (χ4n) is 1.41. The van der Waals surface area contributed by atoms with Crippen molar-refractivity contribution in [3.8, 4) is 0 Å². The Morgan fingerprint density at radius 3 is 1.91 bits per heavy atom. The predicted octanol–water partition coefficient (Wildman–Crippen LogP) is 1.29. The Bertz CT molecular complexity index is 236. The van der Waals surface area contributed by atoms with Gasteiger partial charge >= 0.3 is 0 Å². The van der Waals surface area contributed by atoms with Gasteiger partial charge in [-0.2, -0.15) is 0 Å². The maximum absolute atomic E-state index is 11.2. The third-order valence-corrected chi connectivity index (χ3v) is 2.83. The average molecular weight is 154 g/mol. The lowest BCUT2D eigenvalue weighted by molar-refractivity contribution is -0.125. The van der Waals surface area contributed by atoms with Crippen molar-refractivity contribution in [3.05, 3.63) is 11.1 Å². The molecule has 0 radical (unpaired) electrons. The molecule has 0 amide bonds. The summed E-state index contributed by atoms with van der Waals surface area (Å²) in [5.41, 5.74) is 1.37. The lowest BCUT2D eigenvalue weighted by Gasteiger charge is -2.23. The second-order valence-corrected chi connectivity index (χ2v) is 3.74. The highest BCUT2D eigenvalue weighted by Crippen LogP contribution is 2.39. The molecule has 0 saturated heterocycles. The first-order chi connectivity index (χ1) is 4.89. The SMILES string of the molecule is CC1=C(C)C(C)(C)C(O)C1=O. The molecular formula is C9H14O2. The molecule has 0 saturated carbocycles. The van der Waals surface area contributed by atoms with Crippen molar-refractivity contribution in [3.63, 3.8) is 0 Å². The molecule has 2 nitrogen and oxygen atoms in total. The van der Waals surface area contributed by atoms with Crippen LogP contribution in [0.25, 0.3) is 0 Å². The second kappa shape index (κ2) is 2.18. The lowest BCUT2D eigenvalue weighted by Crippen LogP contribution is -2.30. The van der Waals surface area contributed by atoms with Crippen molar-refractivity contribution in [2.75, 3.05) is 0 Å². The molecule has 0 aliphatic heterocycles. The molecule has 2 heteroatoms. The number of carbonyl (C=O) groups is 1. The van der Waals surface area contributed by atoms with Crippen molar-refractivity contribution >= 4 is 5.78 Å². The van der Waals surface area contributed by atoms with Gasteiger partial charge in [0.15, 0.2) is 5.78 Å². The van der Waals surface area contributed by atoms with Gasteiger partial charge in [0.25, 0.3) is 0 Å². The van der Waals surface area contributed by atoms with Gasteiger partial charge in [0.05, 0.1) is 0 Å². The van der Waals surface area contributed by atoms with E-state index in [1.807, 2.05) is 20.8 Å². The summed E-state index contributed by atoms with van der Waals surface area (Å²) in [5.74, 6) is -0.118. The monoisotopic (exact) mass is 154 g/mol. The predicted molar refractivity (Wildman–Crippen MR) is 43.2 cm³/mol. The molecule has 1 aliphatic carbocycles. The molecule has 62 valence electrons. The first-order valence-corrected chi connectivity index (χ1v) is 3.79. The van der Waals surface area contributed by atoms with E-state index in [4.69, 9.17) is 0 Å². The number of hydrogen-bond acceptors (Lipinski definition) is 2. The van der Waals surface area contributed by atoms with E-state index in [2.05, 4.69) is 0 Å². The Kier molecular flexibility index (Phi) is 1.67. The van der Waals surface area contributed by atoms with Gasteiger partial charge in [0, 0.05) is 5.41 Å². The third-order valence-electron chi connectivity index (χ3n) is 2.83. The van der Waals surface area contributed by atoms with E-state index in [-0.39, 0.29) is 11.2 Å². The fraction of sp³-hybridized carbons (Fsp3) is 0.667. The van der Waals surface area contributed by atoms with Gasteiger partial charge < -0.3 is 5.11 Å². The maximum Gasteiger partial charge on any atom is 0.187 e. The molecule has 1 N–H and O–H groups in total. The zero-order valence-electron chi connectivity index (χ0n) is 7.43. The summed E-state index contributed by atoms with van der Waals surface area (Å²) in [7, 11) is 0. The molecule has 1 unspecified atom stereocenters. The van der Waals surface area contributed by atoms with E-state index < -0.39 is 6.10 Å². The van der Waals surface area contributed by atoms with Gasteiger partial charge in [0.2, 0.25) is 0 Å². The molecule has 11 heavy (non-hydrogen) atoms. The summed E-state index contributed by atoms with van der Waals surface area (Å²) < 4.78 is 0. The van der Waals surface area contributed by atoms with Crippen LogP contribution in [0.15, 0.2) is 11.1 Å². The Morgan fingerprint density at radius 2 is 1.82 bits per heavy atom. The summed E-state index contributed by atoms with van der Waals surface area (Å²) in [6.07, 6.45) is -0.831. The molecular weight excluding hydrogens is 140 g/mol. The zero-order valence-corrected chi connectivity index (χ0v) is 7.43. The number of aliphatic hydroxyl groups is 1. The van der Waals surface area contributed by atoms with Gasteiger partial charge in [-0.25, -0.2) is 0 Å². The van der Waals surface area contributed by atoms with Crippen LogP contribution in [-0.2, 0) is 4.79 Å². The van der Waals surface area contributed by atoms with Crippen LogP contribution in [0.2, 0.25) is 0 Å². The van der Waals surface area contributed by atoms with E-state index in [9.17, 15) is 9.90 Å². The van der Waals surface area contributed by atoms with E-state index >= 15 is 0 Å². The fourth-order valence-corrected chi connectivity index (χ4v) is 1.41. The van der Waals surface area contributed by atoms with Crippen LogP contribution in [0.4, 0.5) is 0 Å². The highest BCUT2D eigenvalue weighted by Gasteiger charge is 2.42. The van der Waals surface area contributed by atoms with Crippen molar-refractivity contribution in [1.82, 2.24) is 0 Å². The van der Waals surface area contributed by atoms with Crippen LogP contribution in [0.3, 0.4) is 0 Å². The Morgan fingerprint density at radius 1 is 1.36 bits per heavy atom. The second-order valence-electron chi connectivity index (χ2n) is 3.74. The summed E-state index contributed by atoms with van der Waals surface area (Å²) in [6.45, 7) is 7.46. The van der Waals surface area contributed by atoms with Crippen molar-refractivity contribution in [1.29, 1.82) is 0 Å². The van der Waals surface area contributed by atoms with Crippen LogP contribution in [0, 0.1) is 5.41 Å². The molecule has 0 bridgehead atoms. The number of Topliss-reactive ketones (excluding diaryl/α,β-unsaturated/α-hetero) is 1. The summed E-state index contributed by atoms with van der Waals surface area (Å²) in [5, 5.41) is 9.48. The van der Waals surface area contributed by atoms with Crippen LogP contribution in [0.1, 0.15) is 27.7 Å². The van der Waals surface area contributed by atoms with Crippen molar-refractivity contribution < 1.29 is 9.90 Å². The van der Waals surface area contributed by atoms with E-state index in [1.165, 1.54) is 0 Å². The standard InChI is InChI=1S/C9H14O2/c1-5-6(2)9(3,4)8(11)7(5)10/h8,11H,1-4H3. The normalized spacial score (nSPS) is 29.9. The van der Waals surface area contributed by atoms with Gasteiger partial charge in [-0.15, -0.1) is 0 Å². The quantitative estimate of drug-likeness (QED) is 0.571. The minimum Gasteiger partial charge on any atom is -0.384 e. The molecule has 0 aromatic heterocycles. The van der Waals surface area contributed by atoms with Crippen molar-refractivity contribution in [2.45, 2.75) is 33.8 Å². The number of aliphatic hydroxyl groups excluding tert-OH is 1. The molecule has 1 rings (SSSR count). The summed E-state index contributed by atoms with van der Waals surface area (Å²) in [4.78, 5) is 11.2. The number of carbonyl (C=O) groups excluding carboxylic acids is 1. The summed E-state index contributed by atoms with van der Waals surface area (Å²) >= 11 is 0. The van der Waals surface area contributed by atoms with E-state index in [0.717, 1.165) is 11.1 Å². The number of hydrogen-bond donors (Lipinski definition) is 1. The summed E-state index contributed by atoms with van der Waals surface area (Å²) in [6, 6.07) is 0. The van der Waals surface area contributed by atoms with E-state index in [1.54, 1.807) is 6.92 Å². The van der Waals surface area contributed by atoms with E-state index in [0.29, 0.717) is 0 Å². The smallest absolute Gasteiger partial charge is 0.187 e. The van der Waals surface area contributed by atoms with Crippen molar-refractivity contribution in [2.24, 2.45) is 5.41 Å². The highest BCUT2D eigenvalue weighted by molar-refractivity contribution is 6.02. The minimum absolute atomic E-state index is 0.118. The van der Waals surface area contributed by atoms with Gasteiger partial charge in [0.1, 0.15) is 6.10 Å². The van der Waals surface area contributed by atoms with Crippen LogP contribution in [0.5, 0.6) is 0 Å². The largest absolute Gasteiger partial charge is 0.384 e. The lowest BCUT2D eigenvalue weighted by atomic mass is 9.84. The molecule has 0 heterocycles. The molecule has 0 aromatic carbocycles. The molecule has 0 fully saturated rings. The third kappa shape index (κ3) is 0.932. The maximum atomic E-state index is 11.2. The first kappa shape index (κ1) is 8.47. The minimum atomic E-state index is -0.831. The molecule has 1 aliphatic rings. The van der Waals surface area contributed by atoms with Gasteiger partial charge in [-0.05, 0) is 19.4 Å². The van der Waals surface area contributed by atoms with Crippen LogP contribution in [-0.4, -0.2) is 17.0 Å².